The highest BCUT2D eigenvalue weighted by molar-refractivity contribution is 5.71. The van der Waals surface area contributed by atoms with Crippen molar-refractivity contribution in [1.29, 1.82) is 0 Å². The summed E-state index contributed by atoms with van der Waals surface area (Å²) in [4.78, 5) is 11.8. The molecule has 4 atom stereocenters. The van der Waals surface area contributed by atoms with E-state index in [4.69, 9.17) is 4.74 Å². The van der Waals surface area contributed by atoms with E-state index in [-0.39, 0.29) is 12.0 Å². The van der Waals surface area contributed by atoms with E-state index in [1.165, 1.54) is 19.3 Å². The fraction of sp³-hybridized carbons (Fsp3) is 0.650. The molecule has 0 unspecified atom stereocenters. The summed E-state index contributed by atoms with van der Waals surface area (Å²) in [7, 11) is 0. The Morgan fingerprint density at radius 1 is 1.12 bits per heavy atom. The predicted molar refractivity (Wildman–Crippen MR) is 96.7 cm³/mol. The maximum absolute atomic E-state index is 11.8. The van der Waals surface area contributed by atoms with Gasteiger partial charge in [-0.3, -0.25) is 4.79 Å². The lowest BCUT2D eigenvalue weighted by Crippen LogP contribution is -2.47. The molecule has 3 fully saturated rings. The lowest BCUT2D eigenvalue weighted by atomic mass is 9.79. The number of ether oxygens (including phenoxy) is 1. The predicted octanol–water partition coefficient (Wildman–Crippen LogP) is 3.18. The second kappa shape index (κ2) is 7.34. The van der Waals surface area contributed by atoms with Gasteiger partial charge in [0.25, 0.3) is 0 Å². The molecule has 3 N–H and O–H groups in total. The molecule has 1 aromatic carbocycles. The molecule has 1 aromatic rings. The van der Waals surface area contributed by atoms with Gasteiger partial charge >= 0.3 is 5.97 Å². The Hall–Kier alpha value is -1.59. The van der Waals surface area contributed by atoms with Crippen LogP contribution in [-0.4, -0.2) is 36.4 Å². The topological polar surface area (TPSA) is 70.6 Å². The van der Waals surface area contributed by atoms with Crippen LogP contribution in [0.15, 0.2) is 24.3 Å². The molecule has 0 spiro atoms. The molecule has 3 aliphatic rings. The average molecular weight is 344 g/mol. The summed E-state index contributed by atoms with van der Waals surface area (Å²) >= 11 is 0. The summed E-state index contributed by atoms with van der Waals surface area (Å²) in [6.45, 7) is 1.65. The number of nitrogens with one attached hydrogen (secondary N) is 2. The summed E-state index contributed by atoms with van der Waals surface area (Å²) in [5, 5.41) is 16.9. The number of fused-ring (bicyclic) bond motifs is 1. The van der Waals surface area contributed by atoms with E-state index in [0.717, 1.165) is 43.7 Å². The number of carbonyl (C=O) groups is 1. The van der Waals surface area contributed by atoms with Crippen LogP contribution >= 0.6 is 0 Å². The first-order valence-corrected chi connectivity index (χ1v) is 9.64. The SMILES string of the molecule is O=C(O)[C@H]1C[C@H]2CCC[C@H]2N[C@H]1c1ccc(NC2CCOCC2)cc1. The third-order valence-corrected chi connectivity index (χ3v) is 6.19. The summed E-state index contributed by atoms with van der Waals surface area (Å²) in [5.41, 5.74) is 2.20. The zero-order valence-corrected chi connectivity index (χ0v) is 14.6. The van der Waals surface area contributed by atoms with E-state index >= 15 is 0 Å². The monoisotopic (exact) mass is 344 g/mol. The highest BCUT2D eigenvalue weighted by Crippen LogP contribution is 2.41. The van der Waals surface area contributed by atoms with Crippen molar-refractivity contribution in [2.24, 2.45) is 11.8 Å². The van der Waals surface area contributed by atoms with Crippen molar-refractivity contribution >= 4 is 11.7 Å². The van der Waals surface area contributed by atoms with E-state index in [1.807, 2.05) is 0 Å². The van der Waals surface area contributed by atoms with Crippen LogP contribution in [0.4, 0.5) is 5.69 Å². The fourth-order valence-corrected chi connectivity index (χ4v) is 4.78. The molecule has 1 aliphatic carbocycles. The molecule has 1 saturated carbocycles. The number of anilines is 1. The van der Waals surface area contributed by atoms with E-state index in [1.54, 1.807) is 0 Å². The smallest absolute Gasteiger partial charge is 0.308 e. The number of piperidine rings is 1. The van der Waals surface area contributed by atoms with Gasteiger partial charge in [-0.25, -0.2) is 0 Å². The molecule has 25 heavy (non-hydrogen) atoms. The van der Waals surface area contributed by atoms with Gasteiger partial charge in [-0.05, 0) is 55.7 Å². The molecule has 2 heterocycles. The van der Waals surface area contributed by atoms with E-state index < -0.39 is 5.97 Å². The number of benzene rings is 1. The number of carboxylic acids is 1. The van der Waals surface area contributed by atoms with Crippen LogP contribution in [0.5, 0.6) is 0 Å². The van der Waals surface area contributed by atoms with Gasteiger partial charge in [0.15, 0.2) is 0 Å². The van der Waals surface area contributed by atoms with Crippen LogP contribution < -0.4 is 10.6 Å². The van der Waals surface area contributed by atoms with Gasteiger partial charge < -0.3 is 20.5 Å². The zero-order valence-electron chi connectivity index (χ0n) is 14.6. The van der Waals surface area contributed by atoms with Crippen molar-refractivity contribution in [3.63, 3.8) is 0 Å². The van der Waals surface area contributed by atoms with Gasteiger partial charge in [-0.1, -0.05) is 18.6 Å². The minimum atomic E-state index is -0.674. The summed E-state index contributed by atoms with van der Waals surface area (Å²) in [6.07, 6.45) is 6.44. The zero-order chi connectivity index (χ0) is 17.2. The minimum absolute atomic E-state index is 0.0750. The molecule has 2 saturated heterocycles. The Morgan fingerprint density at radius 3 is 2.60 bits per heavy atom. The molecule has 0 amide bonds. The van der Waals surface area contributed by atoms with Crippen LogP contribution in [0.2, 0.25) is 0 Å². The lowest BCUT2D eigenvalue weighted by molar-refractivity contribution is -0.144. The second-order valence-electron chi connectivity index (χ2n) is 7.78. The highest BCUT2D eigenvalue weighted by atomic mass is 16.5. The lowest BCUT2D eigenvalue weighted by Gasteiger charge is -2.38. The third kappa shape index (κ3) is 3.67. The molecular weight excluding hydrogens is 316 g/mol. The van der Waals surface area contributed by atoms with Crippen molar-refractivity contribution < 1.29 is 14.6 Å². The van der Waals surface area contributed by atoms with Crippen molar-refractivity contribution in [3.05, 3.63) is 29.8 Å². The first-order chi connectivity index (χ1) is 12.2. The number of carboxylic acid groups (broad SMARTS) is 1. The van der Waals surface area contributed by atoms with Gasteiger partial charge in [-0.15, -0.1) is 0 Å². The average Bonchev–Trinajstić information content (AvgIpc) is 3.10. The Morgan fingerprint density at radius 2 is 1.88 bits per heavy atom. The van der Waals surface area contributed by atoms with Crippen LogP contribution in [0.25, 0.3) is 0 Å². The number of rotatable bonds is 4. The Kier molecular flexibility index (Phi) is 4.95. The normalized spacial score (nSPS) is 33.0. The van der Waals surface area contributed by atoms with E-state index in [2.05, 4.69) is 34.9 Å². The van der Waals surface area contributed by atoms with E-state index in [9.17, 15) is 9.90 Å². The second-order valence-corrected chi connectivity index (χ2v) is 7.78. The standard InChI is InChI=1S/C20H28N2O3/c23-20(24)17-12-14-2-1-3-18(14)22-19(17)13-4-6-15(7-5-13)21-16-8-10-25-11-9-16/h4-7,14,16-19,21-22H,1-3,8-12H2,(H,23,24)/t14-,17+,18-,19+/m1/s1. The summed E-state index contributed by atoms with van der Waals surface area (Å²) < 4.78 is 5.40. The van der Waals surface area contributed by atoms with Crippen LogP contribution in [0.1, 0.15) is 50.1 Å². The van der Waals surface area contributed by atoms with Gasteiger partial charge in [0.2, 0.25) is 0 Å². The Balaban J connectivity index is 1.46. The summed E-state index contributed by atoms with van der Waals surface area (Å²) in [5.74, 6) is -0.465. The molecule has 0 bridgehead atoms. The van der Waals surface area contributed by atoms with Crippen molar-refractivity contribution in [2.75, 3.05) is 18.5 Å². The van der Waals surface area contributed by atoms with Crippen molar-refractivity contribution in [3.8, 4) is 0 Å². The van der Waals surface area contributed by atoms with Gasteiger partial charge in [0.05, 0.1) is 5.92 Å². The number of hydrogen-bond donors (Lipinski definition) is 3. The first kappa shape index (κ1) is 16.9. The van der Waals surface area contributed by atoms with Gasteiger partial charge in [-0.2, -0.15) is 0 Å². The Bertz CT molecular complexity index is 597. The summed E-state index contributed by atoms with van der Waals surface area (Å²) in [6, 6.07) is 9.24. The largest absolute Gasteiger partial charge is 0.481 e. The van der Waals surface area contributed by atoms with Crippen molar-refractivity contribution in [2.45, 2.75) is 56.7 Å². The maximum atomic E-state index is 11.8. The first-order valence-electron chi connectivity index (χ1n) is 9.64. The molecule has 0 aromatic heterocycles. The van der Waals surface area contributed by atoms with E-state index in [0.29, 0.717) is 18.0 Å². The van der Waals surface area contributed by atoms with Crippen molar-refractivity contribution in [1.82, 2.24) is 5.32 Å². The van der Waals surface area contributed by atoms with Crippen LogP contribution in [0, 0.1) is 11.8 Å². The minimum Gasteiger partial charge on any atom is -0.481 e. The van der Waals surface area contributed by atoms with Crippen LogP contribution in [-0.2, 0) is 9.53 Å². The molecule has 136 valence electrons. The fourth-order valence-electron chi connectivity index (χ4n) is 4.78. The third-order valence-electron chi connectivity index (χ3n) is 6.19. The molecule has 5 heteroatoms. The Labute approximate surface area is 149 Å². The number of aliphatic carboxylic acids is 1. The quantitative estimate of drug-likeness (QED) is 0.782. The molecule has 0 radical (unpaired) electrons. The molecule has 5 nitrogen and oxygen atoms in total. The van der Waals surface area contributed by atoms with Gasteiger partial charge in [0.1, 0.15) is 0 Å². The van der Waals surface area contributed by atoms with Crippen LogP contribution in [0.3, 0.4) is 0 Å². The molecular formula is C20H28N2O3. The maximum Gasteiger partial charge on any atom is 0.308 e. The molecule has 2 aliphatic heterocycles. The van der Waals surface area contributed by atoms with Gasteiger partial charge in [0, 0.05) is 37.0 Å². The molecule has 4 rings (SSSR count). The number of hydrogen-bond acceptors (Lipinski definition) is 4. The highest BCUT2D eigenvalue weighted by Gasteiger charge is 2.42.